The highest BCUT2D eigenvalue weighted by Gasteiger charge is 2.14. The lowest BCUT2D eigenvalue weighted by atomic mass is 10.3. The molecule has 2 N–H and O–H groups in total. The van der Waals surface area contributed by atoms with E-state index >= 15 is 0 Å². The van der Waals surface area contributed by atoms with Crippen LogP contribution in [0.5, 0.6) is 0 Å². The summed E-state index contributed by atoms with van der Waals surface area (Å²) in [5.41, 5.74) is 0. The number of esters is 2. The molecule has 22 nitrogen and oxygen atoms in total. The summed E-state index contributed by atoms with van der Waals surface area (Å²) in [5.74, 6) is 1.65. The number of aliphatic hydroxyl groups is 2. The summed E-state index contributed by atoms with van der Waals surface area (Å²) in [7, 11) is 0. The van der Waals surface area contributed by atoms with Gasteiger partial charge in [0.2, 0.25) is 0 Å². The number of carbonyl (C=O) groups is 2. The van der Waals surface area contributed by atoms with E-state index in [1.54, 1.807) is 23.2 Å². The van der Waals surface area contributed by atoms with Crippen molar-refractivity contribution in [3.8, 4) is 0 Å². The van der Waals surface area contributed by atoms with E-state index < -0.39 is 0 Å². The fourth-order valence-electron chi connectivity index (χ4n) is 3.51. The molecule has 0 amide bonds. The molecule has 0 saturated heterocycles. The van der Waals surface area contributed by atoms with Crippen molar-refractivity contribution in [3.63, 3.8) is 0 Å². The number of aromatic nitrogens is 16. The molecule has 0 radical (unpaired) electrons. The molecule has 0 aliphatic heterocycles. The second kappa shape index (κ2) is 26.9. The van der Waals surface area contributed by atoms with E-state index in [2.05, 4.69) is 61.9 Å². The number of carbonyl (C=O) groups excluding carboxylic acids is 2. The van der Waals surface area contributed by atoms with Crippen molar-refractivity contribution in [3.05, 3.63) is 23.3 Å². The van der Waals surface area contributed by atoms with Crippen molar-refractivity contribution in [2.75, 3.05) is 26.4 Å². The van der Waals surface area contributed by atoms with E-state index in [0.717, 1.165) is 5.82 Å². The maximum atomic E-state index is 11.2. The van der Waals surface area contributed by atoms with Crippen LogP contribution in [0, 0.1) is 0 Å². The van der Waals surface area contributed by atoms with E-state index in [-0.39, 0.29) is 77.0 Å². The van der Waals surface area contributed by atoms with Gasteiger partial charge in [-0.2, -0.15) is 9.59 Å². The van der Waals surface area contributed by atoms with Crippen molar-refractivity contribution in [2.24, 2.45) is 0 Å². The van der Waals surface area contributed by atoms with Crippen molar-refractivity contribution in [2.45, 2.75) is 134 Å². The van der Waals surface area contributed by atoms with Gasteiger partial charge in [-0.05, 0) is 101 Å². The third kappa shape index (κ3) is 18.4. The largest absolute Gasteiger partial charge is 0.466 e. The summed E-state index contributed by atoms with van der Waals surface area (Å²) in [6.45, 7) is 20.2. The van der Waals surface area contributed by atoms with E-state index in [9.17, 15) is 9.59 Å². The molecule has 0 spiro atoms. The quantitative estimate of drug-likeness (QED) is 0.174. The highest BCUT2D eigenvalue weighted by molar-refractivity contribution is 5.71. The Morgan fingerprint density at radius 1 is 0.577 bits per heavy atom. The predicted octanol–water partition coefficient (Wildman–Crippen LogP) is 1.57. The molecule has 0 bridgehead atoms. The number of ether oxygens (including phenoxy) is 2. The topological polar surface area (TPSA) is 267 Å². The fourth-order valence-corrected chi connectivity index (χ4v) is 3.51. The van der Waals surface area contributed by atoms with Crippen LogP contribution in [0.15, 0.2) is 0 Å². The minimum Gasteiger partial charge on any atom is -0.466 e. The van der Waals surface area contributed by atoms with E-state index in [0.29, 0.717) is 43.5 Å². The zero-order valence-corrected chi connectivity index (χ0v) is 30.6. The van der Waals surface area contributed by atoms with Gasteiger partial charge in [-0.15, -0.1) is 30.6 Å². The molecule has 4 aromatic rings. The average molecular weight is 741 g/mol. The molecule has 0 saturated carbocycles. The van der Waals surface area contributed by atoms with Gasteiger partial charge in [0, 0.05) is 12.8 Å². The lowest BCUT2D eigenvalue weighted by Crippen LogP contribution is -2.14. The van der Waals surface area contributed by atoms with Gasteiger partial charge < -0.3 is 19.7 Å². The summed E-state index contributed by atoms with van der Waals surface area (Å²) in [6.07, 6.45) is 1.21. The van der Waals surface area contributed by atoms with Gasteiger partial charge in [0.25, 0.3) is 0 Å². The summed E-state index contributed by atoms with van der Waals surface area (Å²) >= 11 is 0. The summed E-state index contributed by atoms with van der Waals surface area (Å²) in [5, 5.41) is 62.4. The van der Waals surface area contributed by atoms with Gasteiger partial charge in [-0.1, -0.05) is 14.9 Å². The first-order valence-corrected chi connectivity index (χ1v) is 16.4. The number of tetrazole rings is 4. The molecule has 4 heterocycles. The highest BCUT2D eigenvalue weighted by Crippen LogP contribution is 2.05. The standard InChI is InChI=1S/2C8H14N4O2.2C6H12N4O.2CH4/c1-4-14-8(13)5-7-9-10-11-12(7)6(2)3;1-4-14-8(13)5-7-9-11-12(10-7)6(2)3;1-5(2)10-6(3-4-11)7-8-9-10;1-5(2)10-8-6(3-4-11)7-9-10;;/h2*6H,4-5H2,1-3H3;2*5,11H,3-4H2,1-2H3;2*1H4. The molecule has 0 aromatic carbocycles. The van der Waals surface area contributed by atoms with Crippen LogP contribution in [-0.4, -0.2) is 129 Å². The van der Waals surface area contributed by atoms with Crippen molar-refractivity contribution < 1.29 is 29.3 Å². The van der Waals surface area contributed by atoms with E-state index in [1.807, 2.05) is 55.4 Å². The Bertz CT molecular complexity index is 1500. The van der Waals surface area contributed by atoms with Crippen LogP contribution in [-0.2, 0) is 44.7 Å². The van der Waals surface area contributed by atoms with Gasteiger partial charge in [-0.25, -0.2) is 9.36 Å². The van der Waals surface area contributed by atoms with Crippen LogP contribution in [0.4, 0.5) is 0 Å². The molecular formula is C30H60N16O6. The first-order chi connectivity index (χ1) is 23.8. The molecule has 0 atom stereocenters. The average Bonchev–Trinajstić information content (AvgIpc) is 3.87. The Morgan fingerprint density at radius 2 is 1.00 bits per heavy atom. The number of hydrogen-bond donors (Lipinski definition) is 2. The second-order valence-electron chi connectivity index (χ2n) is 11.4. The molecule has 296 valence electrons. The zero-order valence-electron chi connectivity index (χ0n) is 30.6. The molecule has 0 aliphatic carbocycles. The van der Waals surface area contributed by atoms with Crippen LogP contribution in [0.3, 0.4) is 0 Å². The predicted molar refractivity (Wildman–Crippen MR) is 189 cm³/mol. The maximum Gasteiger partial charge on any atom is 0.313 e. The lowest BCUT2D eigenvalue weighted by Gasteiger charge is -2.06. The van der Waals surface area contributed by atoms with Gasteiger partial charge in [-0.3, -0.25) is 9.59 Å². The number of rotatable bonds is 14. The number of aliphatic hydroxyl groups excluding tert-OH is 2. The van der Waals surface area contributed by atoms with Crippen molar-refractivity contribution >= 4 is 11.9 Å². The summed E-state index contributed by atoms with van der Waals surface area (Å²) in [4.78, 5) is 25.2. The third-order valence-corrected chi connectivity index (χ3v) is 5.85. The summed E-state index contributed by atoms with van der Waals surface area (Å²) in [6, 6.07) is 0.786. The van der Waals surface area contributed by atoms with Crippen LogP contribution in [0.2, 0.25) is 0 Å². The van der Waals surface area contributed by atoms with Gasteiger partial charge in [0.15, 0.2) is 23.3 Å². The molecule has 0 unspecified atom stereocenters. The Balaban J connectivity index is 0. The van der Waals surface area contributed by atoms with E-state index in [1.165, 1.54) is 9.59 Å². The normalized spacial score (nSPS) is 10.3. The van der Waals surface area contributed by atoms with Crippen LogP contribution >= 0.6 is 0 Å². The van der Waals surface area contributed by atoms with Gasteiger partial charge in [0.1, 0.15) is 12.8 Å². The zero-order chi connectivity index (χ0) is 37.6. The first kappa shape index (κ1) is 49.3. The van der Waals surface area contributed by atoms with Crippen LogP contribution < -0.4 is 0 Å². The molecule has 0 fully saturated rings. The minimum absolute atomic E-state index is 0. The fraction of sp³-hybridized carbons (Fsp3) is 0.800. The lowest BCUT2D eigenvalue weighted by molar-refractivity contribution is -0.143. The van der Waals surface area contributed by atoms with Crippen LogP contribution in [0.1, 0.15) is 132 Å². The Kier molecular flexibility index (Phi) is 25.5. The van der Waals surface area contributed by atoms with Crippen molar-refractivity contribution in [1.82, 2.24) is 80.8 Å². The third-order valence-electron chi connectivity index (χ3n) is 5.85. The maximum absolute atomic E-state index is 11.2. The minimum atomic E-state index is -0.323. The first-order valence-electron chi connectivity index (χ1n) is 16.4. The molecule has 52 heavy (non-hydrogen) atoms. The Hall–Kier alpha value is -4.86. The molecule has 4 aromatic heterocycles. The number of nitrogens with zero attached hydrogens (tertiary/aromatic N) is 16. The van der Waals surface area contributed by atoms with Crippen molar-refractivity contribution in [1.29, 1.82) is 0 Å². The Labute approximate surface area is 305 Å². The summed E-state index contributed by atoms with van der Waals surface area (Å²) < 4.78 is 12.9. The van der Waals surface area contributed by atoms with Crippen LogP contribution in [0.25, 0.3) is 0 Å². The molecule has 0 aliphatic rings. The smallest absolute Gasteiger partial charge is 0.313 e. The highest BCUT2D eigenvalue weighted by atomic mass is 16.5. The Morgan fingerprint density at radius 3 is 1.42 bits per heavy atom. The number of hydrogen-bond acceptors (Lipinski definition) is 18. The van der Waals surface area contributed by atoms with Gasteiger partial charge >= 0.3 is 11.9 Å². The molecule has 22 heteroatoms. The van der Waals surface area contributed by atoms with E-state index in [4.69, 9.17) is 19.7 Å². The molecule has 4 rings (SSSR count). The SMILES string of the molecule is C.C.CC(C)n1nnc(CCO)n1.CC(C)n1nnnc1CCO.CCOC(=O)Cc1nnn(C(C)C)n1.CCOC(=O)Cc1nnnn1C(C)C. The molecular weight excluding hydrogens is 680 g/mol. The monoisotopic (exact) mass is 740 g/mol. The second-order valence-corrected chi connectivity index (χ2v) is 11.4. The van der Waals surface area contributed by atoms with Gasteiger partial charge in [0.05, 0.1) is 50.6 Å².